The number of hydrogen-bond acceptors (Lipinski definition) is 3. The molecule has 6 heteroatoms. The van der Waals surface area contributed by atoms with E-state index in [2.05, 4.69) is 0 Å². The van der Waals surface area contributed by atoms with Gasteiger partial charge in [0.05, 0.1) is 0 Å². The van der Waals surface area contributed by atoms with Crippen LogP contribution in [0.1, 0.15) is 23.2 Å². The molecule has 1 fully saturated rings. The summed E-state index contributed by atoms with van der Waals surface area (Å²) in [5.41, 5.74) is -0.880. The van der Waals surface area contributed by atoms with Crippen LogP contribution in [0.25, 0.3) is 0 Å². The molecule has 0 aromatic carbocycles. The molecule has 1 aliphatic rings. The van der Waals surface area contributed by atoms with Crippen molar-refractivity contribution in [1.29, 1.82) is 0 Å². The number of aryl methyl sites for hydroxylation is 1. The molecule has 2 heterocycles. The van der Waals surface area contributed by atoms with Gasteiger partial charge in [0, 0.05) is 33.4 Å². The van der Waals surface area contributed by atoms with E-state index < -0.39 is 11.2 Å². The zero-order chi connectivity index (χ0) is 12.6. The standard InChI is InChI=1S/C11H15N3O3/c1-12-7-8(9(15)13(2)11(12)17)10(16)14-5-3-4-6-14/h7H,3-6H2,1-2H3. The number of hydrogen-bond donors (Lipinski definition) is 0. The Morgan fingerprint density at radius 2 is 1.76 bits per heavy atom. The number of carbonyl (C=O) groups is 1. The molecule has 0 radical (unpaired) electrons. The molecule has 17 heavy (non-hydrogen) atoms. The van der Waals surface area contributed by atoms with Crippen LogP contribution in [0.2, 0.25) is 0 Å². The van der Waals surface area contributed by atoms with Gasteiger partial charge in [-0.25, -0.2) is 4.79 Å². The van der Waals surface area contributed by atoms with Crippen molar-refractivity contribution < 1.29 is 4.79 Å². The maximum atomic E-state index is 12.1. The van der Waals surface area contributed by atoms with Crippen molar-refractivity contribution in [2.45, 2.75) is 12.8 Å². The fraction of sp³-hybridized carbons (Fsp3) is 0.545. The van der Waals surface area contributed by atoms with E-state index in [1.165, 1.54) is 24.9 Å². The lowest BCUT2D eigenvalue weighted by molar-refractivity contribution is 0.0789. The van der Waals surface area contributed by atoms with Gasteiger partial charge in [0.25, 0.3) is 11.5 Å². The molecule has 2 rings (SSSR count). The Kier molecular flexibility index (Phi) is 2.87. The minimum Gasteiger partial charge on any atom is -0.338 e. The van der Waals surface area contributed by atoms with Crippen LogP contribution >= 0.6 is 0 Å². The first-order valence-electron chi connectivity index (χ1n) is 5.58. The van der Waals surface area contributed by atoms with Gasteiger partial charge in [-0.05, 0) is 12.8 Å². The van der Waals surface area contributed by atoms with Crippen LogP contribution in [0.4, 0.5) is 0 Å². The lowest BCUT2D eigenvalue weighted by atomic mass is 10.3. The molecular formula is C11H15N3O3. The molecule has 1 saturated heterocycles. The van der Waals surface area contributed by atoms with Gasteiger partial charge in [-0.3, -0.25) is 14.2 Å². The van der Waals surface area contributed by atoms with Gasteiger partial charge in [0.15, 0.2) is 0 Å². The molecule has 0 atom stereocenters. The predicted molar refractivity (Wildman–Crippen MR) is 62.1 cm³/mol. The SMILES string of the molecule is Cn1cc(C(=O)N2CCCC2)c(=O)n(C)c1=O. The summed E-state index contributed by atoms with van der Waals surface area (Å²) >= 11 is 0. The Labute approximate surface area is 98.1 Å². The first-order chi connectivity index (χ1) is 8.02. The maximum absolute atomic E-state index is 12.1. The van der Waals surface area contributed by atoms with Crippen molar-refractivity contribution in [3.63, 3.8) is 0 Å². The van der Waals surface area contributed by atoms with E-state index in [1.54, 1.807) is 4.90 Å². The second-order valence-electron chi connectivity index (χ2n) is 4.30. The van der Waals surface area contributed by atoms with E-state index in [4.69, 9.17) is 0 Å². The number of carbonyl (C=O) groups excluding carboxylic acids is 1. The van der Waals surface area contributed by atoms with Gasteiger partial charge in [0.1, 0.15) is 5.56 Å². The van der Waals surface area contributed by atoms with Crippen LogP contribution in [0.3, 0.4) is 0 Å². The molecule has 0 saturated carbocycles. The molecule has 1 aromatic rings. The van der Waals surface area contributed by atoms with Gasteiger partial charge in [-0.15, -0.1) is 0 Å². The van der Waals surface area contributed by atoms with Gasteiger partial charge < -0.3 is 9.47 Å². The Morgan fingerprint density at radius 1 is 1.18 bits per heavy atom. The monoisotopic (exact) mass is 237 g/mol. The molecule has 0 aliphatic carbocycles. The van der Waals surface area contributed by atoms with E-state index >= 15 is 0 Å². The summed E-state index contributed by atoms with van der Waals surface area (Å²) in [5, 5.41) is 0. The minimum absolute atomic E-state index is 0.0662. The van der Waals surface area contributed by atoms with Crippen LogP contribution < -0.4 is 11.2 Å². The fourth-order valence-corrected chi connectivity index (χ4v) is 2.05. The average Bonchev–Trinajstić information content (AvgIpc) is 2.84. The summed E-state index contributed by atoms with van der Waals surface area (Å²) in [7, 11) is 2.91. The Bertz CT molecular complexity index is 564. The van der Waals surface area contributed by atoms with Gasteiger partial charge in [-0.2, -0.15) is 0 Å². The number of amides is 1. The highest BCUT2D eigenvalue weighted by Crippen LogP contribution is 2.10. The summed E-state index contributed by atoms with van der Waals surface area (Å²) in [5.74, 6) is -0.279. The molecular weight excluding hydrogens is 222 g/mol. The largest absolute Gasteiger partial charge is 0.338 e. The van der Waals surface area contributed by atoms with Crippen molar-refractivity contribution in [2.75, 3.05) is 13.1 Å². The average molecular weight is 237 g/mol. The van der Waals surface area contributed by atoms with Gasteiger partial charge >= 0.3 is 5.69 Å². The van der Waals surface area contributed by atoms with E-state index in [-0.39, 0.29) is 11.5 Å². The van der Waals surface area contributed by atoms with Crippen LogP contribution in [-0.4, -0.2) is 33.0 Å². The summed E-state index contributed by atoms with van der Waals surface area (Å²) in [6, 6.07) is 0. The molecule has 1 aromatic heterocycles. The molecule has 92 valence electrons. The number of rotatable bonds is 1. The second kappa shape index (κ2) is 4.20. The zero-order valence-corrected chi connectivity index (χ0v) is 9.97. The smallest absolute Gasteiger partial charge is 0.330 e. The van der Waals surface area contributed by atoms with Crippen molar-refractivity contribution in [2.24, 2.45) is 14.1 Å². The van der Waals surface area contributed by atoms with Crippen LogP contribution in [0, 0.1) is 0 Å². The number of aromatic nitrogens is 2. The highest BCUT2D eigenvalue weighted by Gasteiger charge is 2.23. The zero-order valence-electron chi connectivity index (χ0n) is 9.97. The fourth-order valence-electron chi connectivity index (χ4n) is 2.05. The molecule has 0 N–H and O–H groups in total. The lowest BCUT2D eigenvalue weighted by Gasteiger charge is -2.15. The van der Waals surface area contributed by atoms with Crippen molar-refractivity contribution in [3.05, 3.63) is 32.6 Å². The molecule has 6 nitrogen and oxygen atoms in total. The number of likely N-dealkylation sites (tertiary alicyclic amines) is 1. The summed E-state index contributed by atoms with van der Waals surface area (Å²) in [6.45, 7) is 1.37. The van der Waals surface area contributed by atoms with E-state index in [0.717, 1.165) is 17.4 Å². The Hall–Kier alpha value is -1.85. The Balaban J connectivity index is 2.49. The van der Waals surface area contributed by atoms with E-state index in [0.29, 0.717) is 13.1 Å². The number of nitrogens with zero attached hydrogens (tertiary/aromatic N) is 3. The quantitative estimate of drug-likeness (QED) is 0.650. The first-order valence-corrected chi connectivity index (χ1v) is 5.58. The molecule has 0 unspecified atom stereocenters. The highest BCUT2D eigenvalue weighted by molar-refractivity contribution is 5.93. The van der Waals surface area contributed by atoms with Gasteiger partial charge in [-0.1, -0.05) is 0 Å². The van der Waals surface area contributed by atoms with E-state index in [1.807, 2.05) is 0 Å². The van der Waals surface area contributed by atoms with Crippen LogP contribution in [-0.2, 0) is 14.1 Å². The van der Waals surface area contributed by atoms with Crippen LogP contribution in [0.15, 0.2) is 15.8 Å². The van der Waals surface area contributed by atoms with Gasteiger partial charge in [0.2, 0.25) is 0 Å². The lowest BCUT2D eigenvalue weighted by Crippen LogP contribution is -2.42. The summed E-state index contributed by atoms with van der Waals surface area (Å²) < 4.78 is 2.22. The third kappa shape index (κ3) is 1.90. The third-order valence-electron chi connectivity index (χ3n) is 3.07. The topological polar surface area (TPSA) is 64.3 Å². The summed E-state index contributed by atoms with van der Waals surface area (Å²) in [4.78, 5) is 37.1. The van der Waals surface area contributed by atoms with E-state index in [9.17, 15) is 14.4 Å². The molecule has 0 bridgehead atoms. The van der Waals surface area contributed by atoms with Crippen molar-refractivity contribution in [3.8, 4) is 0 Å². The molecule has 1 aliphatic heterocycles. The third-order valence-corrected chi connectivity index (χ3v) is 3.07. The Morgan fingerprint density at radius 3 is 2.35 bits per heavy atom. The first kappa shape index (κ1) is 11.6. The summed E-state index contributed by atoms with van der Waals surface area (Å²) in [6.07, 6.45) is 3.26. The normalized spacial score (nSPS) is 15.3. The molecule has 1 amide bonds. The second-order valence-corrected chi connectivity index (χ2v) is 4.30. The predicted octanol–water partition coefficient (Wildman–Crippen LogP) is -0.680. The van der Waals surface area contributed by atoms with Crippen molar-refractivity contribution in [1.82, 2.24) is 14.0 Å². The van der Waals surface area contributed by atoms with Crippen LogP contribution in [0.5, 0.6) is 0 Å². The van der Waals surface area contributed by atoms with Crippen molar-refractivity contribution >= 4 is 5.91 Å². The minimum atomic E-state index is -0.523. The maximum Gasteiger partial charge on any atom is 0.330 e. The highest BCUT2D eigenvalue weighted by atomic mass is 16.2. The molecule has 0 spiro atoms.